The summed E-state index contributed by atoms with van der Waals surface area (Å²) in [4.78, 5) is 11.5. The molecule has 3 N–H and O–H groups in total. The van der Waals surface area contributed by atoms with E-state index in [4.69, 9.17) is 5.73 Å². The molecule has 1 aromatic carbocycles. The van der Waals surface area contributed by atoms with Gasteiger partial charge in [-0.3, -0.25) is 10.1 Å². The molecule has 2 atom stereocenters. The average Bonchev–Trinajstić information content (AvgIpc) is 2.98. The van der Waals surface area contributed by atoms with E-state index >= 15 is 0 Å². The smallest absolute Gasteiger partial charge is 0.234 e. The standard InChI is InChI=1S/C14H20N6O/c1-9(2)13(14(15)21)17-10(3)11-5-4-6-12(7-11)20-8-16-18-19-20/h4-10,13,17H,1-3H3,(H2,15,21). The Hall–Kier alpha value is -2.28. The molecule has 2 aromatic rings. The lowest BCUT2D eigenvalue weighted by Gasteiger charge is -2.24. The van der Waals surface area contributed by atoms with Crippen LogP contribution in [0.1, 0.15) is 32.4 Å². The molecule has 1 aromatic heterocycles. The number of nitrogens with one attached hydrogen (secondary N) is 1. The van der Waals surface area contributed by atoms with E-state index in [1.165, 1.54) is 6.33 Å². The molecule has 0 aliphatic carbocycles. The molecule has 0 saturated heterocycles. The van der Waals surface area contributed by atoms with Crippen LogP contribution in [0.5, 0.6) is 0 Å². The fraction of sp³-hybridized carbons (Fsp3) is 0.429. The molecule has 0 radical (unpaired) electrons. The molecule has 0 bridgehead atoms. The van der Waals surface area contributed by atoms with Crippen LogP contribution in [0, 0.1) is 5.92 Å². The van der Waals surface area contributed by atoms with Gasteiger partial charge in [0.1, 0.15) is 6.33 Å². The topological polar surface area (TPSA) is 98.7 Å². The van der Waals surface area contributed by atoms with Gasteiger partial charge in [-0.05, 0) is 41.0 Å². The van der Waals surface area contributed by atoms with Crippen molar-refractivity contribution in [1.29, 1.82) is 0 Å². The summed E-state index contributed by atoms with van der Waals surface area (Å²) in [6.07, 6.45) is 1.54. The van der Waals surface area contributed by atoms with Crippen LogP contribution in [0.4, 0.5) is 0 Å². The lowest BCUT2D eigenvalue weighted by atomic mass is 10.0. The van der Waals surface area contributed by atoms with Crippen molar-refractivity contribution >= 4 is 5.91 Å². The maximum atomic E-state index is 11.5. The Morgan fingerprint density at radius 2 is 2.10 bits per heavy atom. The summed E-state index contributed by atoms with van der Waals surface area (Å²) in [5.74, 6) is -0.207. The number of benzene rings is 1. The Labute approximate surface area is 123 Å². The highest BCUT2D eigenvalue weighted by molar-refractivity contribution is 5.80. The average molecular weight is 288 g/mol. The lowest BCUT2D eigenvalue weighted by molar-refractivity contribution is -0.121. The zero-order valence-corrected chi connectivity index (χ0v) is 12.4. The van der Waals surface area contributed by atoms with Crippen molar-refractivity contribution in [2.45, 2.75) is 32.9 Å². The fourth-order valence-electron chi connectivity index (χ4n) is 2.18. The Balaban J connectivity index is 2.18. The van der Waals surface area contributed by atoms with E-state index in [0.29, 0.717) is 0 Å². The number of hydrogen-bond acceptors (Lipinski definition) is 5. The number of rotatable bonds is 6. The van der Waals surface area contributed by atoms with Gasteiger partial charge >= 0.3 is 0 Å². The summed E-state index contributed by atoms with van der Waals surface area (Å²) in [6, 6.07) is 7.44. The van der Waals surface area contributed by atoms with Crippen molar-refractivity contribution in [3.63, 3.8) is 0 Å². The van der Waals surface area contributed by atoms with Gasteiger partial charge in [0.15, 0.2) is 0 Å². The molecule has 7 heteroatoms. The molecule has 112 valence electrons. The maximum absolute atomic E-state index is 11.5. The number of carbonyl (C=O) groups excluding carboxylic acids is 1. The molecule has 7 nitrogen and oxygen atoms in total. The van der Waals surface area contributed by atoms with Crippen LogP contribution < -0.4 is 11.1 Å². The highest BCUT2D eigenvalue weighted by Crippen LogP contribution is 2.18. The van der Waals surface area contributed by atoms with Gasteiger partial charge in [0.05, 0.1) is 11.7 Å². The van der Waals surface area contributed by atoms with Gasteiger partial charge in [-0.25, -0.2) is 4.68 Å². The molecule has 2 unspecified atom stereocenters. The maximum Gasteiger partial charge on any atom is 0.234 e. The summed E-state index contributed by atoms with van der Waals surface area (Å²) >= 11 is 0. The Bertz CT molecular complexity index is 595. The van der Waals surface area contributed by atoms with Crippen molar-refractivity contribution in [2.24, 2.45) is 11.7 Å². The molecule has 1 heterocycles. The van der Waals surface area contributed by atoms with E-state index in [0.717, 1.165) is 11.3 Å². The van der Waals surface area contributed by atoms with Gasteiger partial charge in [0.2, 0.25) is 5.91 Å². The lowest BCUT2D eigenvalue weighted by Crippen LogP contribution is -2.45. The first kappa shape index (κ1) is 15.1. The van der Waals surface area contributed by atoms with E-state index in [-0.39, 0.29) is 23.9 Å². The van der Waals surface area contributed by atoms with Gasteiger partial charge < -0.3 is 5.73 Å². The van der Waals surface area contributed by atoms with E-state index in [2.05, 4.69) is 20.8 Å². The first-order valence-electron chi connectivity index (χ1n) is 6.87. The minimum Gasteiger partial charge on any atom is -0.368 e. The third-order valence-electron chi connectivity index (χ3n) is 3.39. The number of aromatic nitrogens is 4. The first-order chi connectivity index (χ1) is 9.99. The molecule has 21 heavy (non-hydrogen) atoms. The van der Waals surface area contributed by atoms with E-state index in [9.17, 15) is 4.79 Å². The number of nitrogens with two attached hydrogens (primary N) is 1. The summed E-state index contributed by atoms with van der Waals surface area (Å²) in [5, 5.41) is 14.4. The predicted octanol–water partition coefficient (Wildman–Crippen LogP) is 0.823. The molecule has 1 amide bonds. The highest BCUT2D eigenvalue weighted by atomic mass is 16.1. The van der Waals surface area contributed by atoms with Crippen molar-refractivity contribution in [2.75, 3.05) is 0 Å². The summed E-state index contributed by atoms with van der Waals surface area (Å²) < 4.78 is 1.59. The molecule has 2 rings (SSSR count). The molecule has 0 aliphatic heterocycles. The fourth-order valence-corrected chi connectivity index (χ4v) is 2.18. The van der Waals surface area contributed by atoms with Crippen LogP contribution in [0.2, 0.25) is 0 Å². The zero-order chi connectivity index (χ0) is 15.4. The van der Waals surface area contributed by atoms with Crippen LogP contribution in [0.3, 0.4) is 0 Å². The van der Waals surface area contributed by atoms with Crippen molar-refractivity contribution in [3.05, 3.63) is 36.2 Å². The highest BCUT2D eigenvalue weighted by Gasteiger charge is 2.21. The predicted molar refractivity (Wildman–Crippen MR) is 78.5 cm³/mol. The van der Waals surface area contributed by atoms with Crippen LogP contribution >= 0.6 is 0 Å². The van der Waals surface area contributed by atoms with Crippen LogP contribution in [-0.4, -0.2) is 32.2 Å². The number of nitrogens with zero attached hydrogens (tertiary/aromatic N) is 4. The summed E-state index contributed by atoms with van der Waals surface area (Å²) in [6.45, 7) is 5.93. The normalized spacial score (nSPS) is 14.1. The molecule has 0 spiro atoms. The number of primary amides is 1. The molecule has 0 fully saturated rings. The SMILES string of the molecule is CC(NC(C(N)=O)C(C)C)c1cccc(-n2cnnn2)c1. The van der Waals surface area contributed by atoms with Crippen molar-refractivity contribution < 1.29 is 4.79 Å². The summed E-state index contributed by atoms with van der Waals surface area (Å²) in [5.41, 5.74) is 7.34. The second kappa shape index (κ2) is 6.45. The molecule has 0 saturated carbocycles. The van der Waals surface area contributed by atoms with Gasteiger partial charge in [-0.1, -0.05) is 26.0 Å². The van der Waals surface area contributed by atoms with Crippen LogP contribution in [0.15, 0.2) is 30.6 Å². The van der Waals surface area contributed by atoms with Gasteiger partial charge in [-0.2, -0.15) is 0 Å². The van der Waals surface area contributed by atoms with E-state index in [1.807, 2.05) is 45.0 Å². The molecule has 0 aliphatic rings. The van der Waals surface area contributed by atoms with Crippen molar-refractivity contribution in [3.8, 4) is 5.69 Å². The minimum absolute atomic E-state index is 0.0127. The van der Waals surface area contributed by atoms with Crippen molar-refractivity contribution in [1.82, 2.24) is 25.5 Å². The van der Waals surface area contributed by atoms with Gasteiger partial charge in [-0.15, -0.1) is 5.10 Å². The second-order valence-electron chi connectivity index (χ2n) is 5.36. The quantitative estimate of drug-likeness (QED) is 0.820. The first-order valence-corrected chi connectivity index (χ1v) is 6.87. The zero-order valence-electron chi connectivity index (χ0n) is 12.4. The minimum atomic E-state index is -0.364. The Morgan fingerprint density at radius 3 is 2.67 bits per heavy atom. The number of amides is 1. The second-order valence-corrected chi connectivity index (χ2v) is 5.36. The largest absolute Gasteiger partial charge is 0.368 e. The van der Waals surface area contributed by atoms with Crippen LogP contribution in [-0.2, 0) is 4.79 Å². The number of carbonyl (C=O) groups is 1. The number of tetrazole rings is 1. The Kier molecular flexibility index (Phi) is 4.64. The van der Waals surface area contributed by atoms with E-state index < -0.39 is 0 Å². The van der Waals surface area contributed by atoms with Gasteiger partial charge in [0.25, 0.3) is 0 Å². The van der Waals surface area contributed by atoms with Gasteiger partial charge in [0, 0.05) is 6.04 Å². The van der Waals surface area contributed by atoms with Crippen LogP contribution in [0.25, 0.3) is 5.69 Å². The number of hydrogen-bond donors (Lipinski definition) is 2. The third kappa shape index (κ3) is 3.63. The molecular formula is C14H20N6O. The monoisotopic (exact) mass is 288 g/mol. The van der Waals surface area contributed by atoms with E-state index in [1.54, 1.807) is 4.68 Å². The molecular weight excluding hydrogens is 268 g/mol. The third-order valence-corrected chi connectivity index (χ3v) is 3.39. The summed E-state index contributed by atoms with van der Waals surface area (Å²) in [7, 11) is 0. The Morgan fingerprint density at radius 1 is 1.33 bits per heavy atom.